The molecule has 2 atom stereocenters. The van der Waals surface area contributed by atoms with Crippen LogP contribution in [0.15, 0.2) is 110 Å². The van der Waals surface area contributed by atoms with Crippen LogP contribution < -0.4 is 0 Å². The zero-order valence-electron chi connectivity index (χ0n) is 26.5. The molecule has 15 heteroatoms. The van der Waals surface area contributed by atoms with E-state index in [1.165, 1.54) is 0 Å². The molecule has 6 aromatic rings. The van der Waals surface area contributed by atoms with Gasteiger partial charge >= 0.3 is 0 Å². The summed E-state index contributed by atoms with van der Waals surface area (Å²) in [7, 11) is 0. The summed E-state index contributed by atoms with van der Waals surface area (Å²) >= 11 is 49.1. The molecule has 0 radical (unpaired) electrons. The van der Waals surface area contributed by atoms with Crippen LogP contribution in [0.4, 0.5) is 0 Å². The second kappa shape index (κ2) is 20.1. The van der Waals surface area contributed by atoms with Crippen LogP contribution in [0.25, 0.3) is 0 Å². The molecule has 51 heavy (non-hydrogen) atoms. The van der Waals surface area contributed by atoms with E-state index in [4.69, 9.17) is 102 Å². The highest BCUT2D eigenvalue weighted by atomic mass is 35.5. The minimum absolute atomic E-state index is 0. The molecule has 7 nitrogen and oxygen atoms in total. The fraction of sp³-hybridized carbons (Fsp3) is 0.167. The molecule has 2 N–H and O–H groups in total. The average molecular weight is 850 g/mol. The van der Waals surface area contributed by atoms with Crippen molar-refractivity contribution in [1.82, 2.24) is 19.1 Å². The van der Waals surface area contributed by atoms with E-state index in [-0.39, 0.29) is 17.7 Å². The first-order chi connectivity index (χ1) is 24.0. The molecule has 0 aliphatic heterocycles. The van der Waals surface area contributed by atoms with Gasteiger partial charge in [-0.25, -0.2) is 9.97 Å². The van der Waals surface area contributed by atoms with Crippen LogP contribution >= 0.6 is 92.8 Å². The van der Waals surface area contributed by atoms with E-state index in [1.54, 1.807) is 73.6 Å². The minimum atomic E-state index is -0.286. The van der Waals surface area contributed by atoms with Crippen molar-refractivity contribution in [2.75, 3.05) is 0 Å². The molecule has 0 saturated heterocycles. The second-order valence-corrected chi connectivity index (χ2v) is 14.3. The molecule has 0 fully saturated rings. The van der Waals surface area contributed by atoms with Crippen LogP contribution in [0.3, 0.4) is 0 Å². The molecule has 6 rings (SSSR count). The molecule has 2 aromatic heterocycles. The van der Waals surface area contributed by atoms with Crippen LogP contribution in [0.5, 0.6) is 0 Å². The topological polar surface area (TPSA) is 85.6 Å². The van der Waals surface area contributed by atoms with Gasteiger partial charge in [0.1, 0.15) is 12.2 Å². The number of imidazole rings is 2. The van der Waals surface area contributed by atoms with Gasteiger partial charge in [0.2, 0.25) is 0 Å². The zero-order chi connectivity index (χ0) is 35.6. The van der Waals surface area contributed by atoms with E-state index in [0.29, 0.717) is 66.5 Å². The molecule has 4 aromatic carbocycles. The van der Waals surface area contributed by atoms with Gasteiger partial charge < -0.3 is 24.1 Å². The fourth-order valence-electron chi connectivity index (χ4n) is 4.84. The van der Waals surface area contributed by atoms with Crippen LogP contribution in [0.2, 0.25) is 40.2 Å². The maximum absolute atomic E-state index is 6.37. The summed E-state index contributed by atoms with van der Waals surface area (Å²) in [6.07, 6.45) is 10.1. The minimum Gasteiger partial charge on any atom is -0.412 e. The van der Waals surface area contributed by atoms with Crippen molar-refractivity contribution < 1.29 is 14.9 Å². The van der Waals surface area contributed by atoms with Crippen LogP contribution in [0.1, 0.15) is 34.5 Å². The third-order valence-corrected chi connectivity index (χ3v) is 9.70. The van der Waals surface area contributed by atoms with Crippen molar-refractivity contribution in [1.29, 1.82) is 0 Å². The Morgan fingerprint density at radius 2 is 0.843 bits per heavy atom. The normalized spacial score (nSPS) is 12.1. The van der Waals surface area contributed by atoms with E-state index in [0.717, 1.165) is 22.3 Å². The predicted molar refractivity (Wildman–Crippen MR) is 209 cm³/mol. The van der Waals surface area contributed by atoms with Gasteiger partial charge in [0.05, 0.1) is 39.0 Å². The van der Waals surface area contributed by atoms with Crippen LogP contribution in [-0.2, 0) is 35.8 Å². The Labute approximate surface area is 335 Å². The molecular weight excluding hydrogens is 820 g/mol. The molecule has 0 saturated carbocycles. The number of benzene rings is 4. The monoisotopic (exact) mass is 846 g/mol. The Morgan fingerprint density at radius 1 is 0.490 bits per heavy atom. The van der Waals surface area contributed by atoms with Crippen molar-refractivity contribution in [2.45, 2.75) is 38.5 Å². The fourth-order valence-corrected chi connectivity index (χ4v) is 6.82. The van der Waals surface area contributed by atoms with Gasteiger partial charge in [0.25, 0.3) is 0 Å². The molecule has 0 aliphatic carbocycles. The maximum atomic E-state index is 6.37. The van der Waals surface area contributed by atoms with Gasteiger partial charge in [-0.15, -0.1) is 0 Å². The highest BCUT2D eigenvalue weighted by Gasteiger charge is 2.19. The van der Waals surface area contributed by atoms with Crippen molar-refractivity contribution in [3.8, 4) is 0 Å². The van der Waals surface area contributed by atoms with E-state index in [9.17, 15) is 0 Å². The first-order valence-corrected chi connectivity index (χ1v) is 18.0. The van der Waals surface area contributed by atoms with Crippen molar-refractivity contribution >= 4 is 92.8 Å². The Morgan fingerprint density at radius 3 is 1.16 bits per heavy atom. The van der Waals surface area contributed by atoms with Crippen LogP contribution in [0, 0.1) is 0 Å². The highest BCUT2D eigenvalue weighted by molar-refractivity contribution is 6.36. The molecular formula is C36H30Cl8N4O3. The zero-order valence-corrected chi connectivity index (χ0v) is 32.6. The van der Waals surface area contributed by atoms with E-state index >= 15 is 0 Å². The molecule has 268 valence electrons. The molecule has 0 amide bonds. The molecule has 2 heterocycles. The Bertz CT molecular complexity index is 1850. The Kier molecular flexibility index (Phi) is 16.3. The second-order valence-electron chi connectivity index (χ2n) is 10.9. The average Bonchev–Trinajstić information content (AvgIpc) is 3.78. The molecule has 0 bridgehead atoms. The van der Waals surface area contributed by atoms with Crippen molar-refractivity contribution in [3.05, 3.63) is 173 Å². The summed E-state index contributed by atoms with van der Waals surface area (Å²) in [6.45, 7) is 1.78. The molecule has 0 spiro atoms. The number of rotatable bonds is 12. The largest absolute Gasteiger partial charge is 0.412 e. The van der Waals surface area contributed by atoms with Crippen LogP contribution in [-0.4, -0.2) is 24.6 Å². The van der Waals surface area contributed by atoms with Gasteiger partial charge in [0.15, 0.2) is 0 Å². The Balaban J connectivity index is 0.000000224. The number of aromatic nitrogens is 4. The standard InChI is InChI=1S/2C18H14Cl4N2O.H2O/c2*19-13-2-1-12(16(21)7-13)10-25-18(9-24-6-5-23-11-24)15-4-3-14(20)8-17(15)22;/h2*1-8,11,18H,9-10H2;1H2/t2*18-;/m00./s1. The molecule has 0 unspecified atom stereocenters. The van der Waals surface area contributed by atoms with Gasteiger partial charge in [-0.3, -0.25) is 0 Å². The summed E-state index contributed by atoms with van der Waals surface area (Å²) in [6, 6.07) is 21.4. The molecule has 0 aliphatic rings. The van der Waals surface area contributed by atoms with E-state index in [2.05, 4.69) is 9.97 Å². The van der Waals surface area contributed by atoms with E-state index < -0.39 is 0 Å². The van der Waals surface area contributed by atoms with E-state index in [1.807, 2.05) is 45.8 Å². The van der Waals surface area contributed by atoms with Crippen molar-refractivity contribution in [3.63, 3.8) is 0 Å². The third-order valence-electron chi connectivity index (χ3n) is 7.40. The summed E-state index contributed by atoms with van der Waals surface area (Å²) in [5.74, 6) is 0. The summed E-state index contributed by atoms with van der Waals surface area (Å²) in [5.41, 5.74) is 3.41. The third kappa shape index (κ3) is 12.3. The number of ether oxygens (including phenoxy) is 2. The van der Waals surface area contributed by atoms with Gasteiger partial charge in [-0.2, -0.15) is 0 Å². The van der Waals surface area contributed by atoms with Gasteiger partial charge in [0, 0.05) is 76.1 Å². The predicted octanol–water partition coefficient (Wildman–Crippen LogP) is 12.1. The summed E-state index contributed by atoms with van der Waals surface area (Å²) in [4.78, 5) is 8.13. The van der Waals surface area contributed by atoms with Gasteiger partial charge in [-0.05, 0) is 59.7 Å². The first kappa shape index (κ1) is 41.3. The lowest BCUT2D eigenvalue weighted by molar-refractivity contribution is 0.0280. The number of hydrogen-bond acceptors (Lipinski definition) is 4. The summed E-state index contributed by atoms with van der Waals surface area (Å²) < 4.78 is 16.1. The number of hydrogen-bond donors (Lipinski definition) is 0. The lowest BCUT2D eigenvalue weighted by Gasteiger charge is -2.21. The smallest absolute Gasteiger partial charge is 0.102 e. The van der Waals surface area contributed by atoms with Gasteiger partial charge in [-0.1, -0.05) is 117 Å². The number of nitrogens with zero attached hydrogens (tertiary/aromatic N) is 4. The lowest BCUT2D eigenvalue weighted by atomic mass is 10.1. The lowest BCUT2D eigenvalue weighted by Crippen LogP contribution is -2.12. The maximum Gasteiger partial charge on any atom is 0.102 e. The SMILES string of the molecule is Clc1ccc(CO[C@@H](Cn2ccnc2)c2ccc(Cl)cc2Cl)c(Cl)c1.Clc1ccc(CO[C@@H](Cn2ccnc2)c2ccc(Cl)cc2Cl)c(Cl)c1.O. The Hall–Kier alpha value is -2.50. The first-order valence-electron chi connectivity index (χ1n) is 15.0. The quantitative estimate of drug-likeness (QED) is 0.123. The summed E-state index contributed by atoms with van der Waals surface area (Å²) in [5, 5.41) is 4.58. The highest BCUT2D eigenvalue weighted by Crippen LogP contribution is 2.33. The van der Waals surface area contributed by atoms with Crippen molar-refractivity contribution in [2.24, 2.45) is 0 Å². The number of halogens is 8.